The standard InChI is InChI=1S/C18H19F3N2O2/c1-17(2,3)25-16(24)22-23(14-7-5-4-6-8-14)15-11-9-13(10-12-15)18(19,20)21/h4-12H,1-3H3,(H,22,24). The topological polar surface area (TPSA) is 41.6 Å². The Morgan fingerprint density at radius 1 is 0.920 bits per heavy atom. The van der Waals surface area contributed by atoms with E-state index in [9.17, 15) is 18.0 Å². The summed E-state index contributed by atoms with van der Waals surface area (Å²) in [6, 6.07) is 13.2. The molecule has 1 amide bonds. The maximum Gasteiger partial charge on any atom is 0.426 e. The summed E-state index contributed by atoms with van der Waals surface area (Å²) in [5, 5.41) is 1.37. The van der Waals surface area contributed by atoms with E-state index in [1.165, 1.54) is 17.1 Å². The number of hydrogen-bond donors (Lipinski definition) is 1. The van der Waals surface area contributed by atoms with Gasteiger partial charge in [0, 0.05) is 0 Å². The molecule has 0 saturated heterocycles. The smallest absolute Gasteiger partial charge is 0.426 e. The van der Waals surface area contributed by atoms with Gasteiger partial charge in [-0.3, -0.25) is 5.01 Å². The van der Waals surface area contributed by atoms with Gasteiger partial charge in [-0.25, -0.2) is 10.2 Å². The zero-order valence-electron chi connectivity index (χ0n) is 14.1. The molecule has 0 aliphatic heterocycles. The van der Waals surface area contributed by atoms with Gasteiger partial charge in [-0.1, -0.05) is 18.2 Å². The van der Waals surface area contributed by atoms with Crippen molar-refractivity contribution in [3.05, 3.63) is 60.2 Å². The minimum Gasteiger partial charge on any atom is -0.443 e. The lowest BCUT2D eigenvalue weighted by molar-refractivity contribution is -0.137. The van der Waals surface area contributed by atoms with E-state index < -0.39 is 23.4 Å². The van der Waals surface area contributed by atoms with Gasteiger partial charge >= 0.3 is 12.3 Å². The maximum absolute atomic E-state index is 12.7. The molecule has 7 heteroatoms. The summed E-state index contributed by atoms with van der Waals surface area (Å²) in [6.07, 6.45) is -5.13. The van der Waals surface area contributed by atoms with Crippen LogP contribution in [-0.4, -0.2) is 11.7 Å². The molecule has 0 spiro atoms. The van der Waals surface area contributed by atoms with Crippen LogP contribution in [-0.2, 0) is 10.9 Å². The summed E-state index contributed by atoms with van der Waals surface area (Å²) in [5.41, 5.74) is 2.03. The van der Waals surface area contributed by atoms with E-state index in [1.54, 1.807) is 51.1 Å². The lowest BCUT2D eigenvalue weighted by atomic mass is 10.2. The van der Waals surface area contributed by atoms with Crippen LogP contribution in [0.4, 0.5) is 29.3 Å². The van der Waals surface area contributed by atoms with Crippen LogP contribution in [0.1, 0.15) is 26.3 Å². The molecule has 0 saturated carbocycles. The van der Waals surface area contributed by atoms with Crippen molar-refractivity contribution in [2.45, 2.75) is 32.5 Å². The molecular formula is C18H19F3N2O2. The number of benzene rings is 2. The molecule has 0 radical (unpaired) electrons. The highest BCUT2D eigenvalue weighted by Gasteiger charge is 2.30. The molecule has 0 atom stereocenters. The van der Waals surface area contributed by atoms with E-state index in [-0.39, 0.29) is 0 Å². The lowest BCUT2D eigenvalue weighted by Gasteiger charge is -2.28. The number of nitrogens with zero attached hydrogens (tertiary/aromatic N) is 1. The van der Waals surface area contributed by atoms with Crippen molar-refractivity contribution >= 4 is 17.5 Å². The predicted octanol–water partition coefficient (Wildman–Crippen LogP) is 5.28. The molecule has 134 valence electrons. The lowest BCUT2D eigenvalue weighted by Crippen LogP contribution is -2.42. The van der Waals surface area contributed by atoms with E-state index in [4.69, 9.17) is 4.74 Å². The highest BCUT2D eigenvalue weighted by molar-refractivity contribution is 5.75. The molecule has 4 nitrogen and oxygen atoms in total. The zero-order valence-corrected chi connectivity index (χ0v) is 14.1. The molecule has 2 aromatic rings. The second-order valence-electron chi connectivity index (χ2n) is 6.33. The number of hydrogen-bond acceptors (Lipinski definition) is 3. The third kappa shape index (κ3) is 5.41. The molecule has 2 aromatic carbocycles. The number of ether oxygens (including phenoxy) is 1. The monoisotopic (exact) mass is 352 g/mol. The number of amides is 1. The second-order valence-corrected chi connectivity index (χ2v) is 6.33. The number of carbonyl (C=O) groups excluding carboxylic acids is 1. The fraction of sp³-hybridized carbons (Fsp3) is 0.278. The van der Waals surface area contributed by atoms with Gasteiger partial charge in [0.2, 0.25) is 0 Å². The average molecular weight is 352 g/mol. The van der Waals surface area contributed by atoms with Crippen LogP contribution in [0.15, 0.2) is 54.6 Å². The molecule has 0 bridgehead atoms. The maximum atomic E-state index is 12.7. The zero-order chi connectivity index (χ0) is 18.7. The largest absolute Gasteiger partial charge is 0.443 e. The Labute approximate surface area is 144 Å². The highest BCUT2D eigenvalue weighted by atomic mass is 19.4. The molecule has 2 rings (SSSR count). The number of rotatable bonds is 3. The van der Waals surface area contributed by atoms with E-state index in [0.29, 0.717) is 11.4 Å². The number of hydrazine groups is 1. The fourth-order valence-corrected chi connectivity index (χ4v) is 2.05. The molecule has 25 heavy (non-hydrogen) atoms. The summed E-state index contributed by atoms with van der Waals surface area (Å²) in [7, 11) is 0. The van der Waals surface area contributed by atoms with Crippen LogP contribution in [0, 0.1) is 0 Å². The van der Waals surface area contributed by atoms with E-state index in [1.807, 2.05) is 0 Å². The van der Waals surface area contributed by atoms with Gasteiger partial charge in [0.05, 0.1) is 16.9 Å². The predicted molar refractivity (Wildman–Crippen MR) is 89.4 cm³/mol. The fourth-order valence-electron chi connectivity index (χ4n) is 2.05. The second kappa shape index (κ2) is 7.04. The number of alkyl halides is 3. The van der Waals surface area contributed by atoms with Crippen LogP contribution >= 0.6 is 0 Å². The first kappa shape index (κ1) is 18.6. The molecule has 0 heterocycles. The normalized spacial score (nSPS) is 11.8. The SMILES string of the molecule is CC(C)(C)OC(=O)NN(c1ccccc1)c1ccc(C(F)(F)F)cc1. The Balaban J connectivity index is 2.31. The van der Waals surface area contributed by atoms with Crippen molar-refractivity contribution in [1.82, 2.24) is 5.43 Å². The van der Waals surface area contributed by atoms with Crippen LogP contribution in [0.5, 0.6) is 0 Å². The molecule has 0 aromatic heterocycles. The van der Waals surface area contributed by atoms with Gasteiger partial charge in [0.15, 0.2) is 0 Å². The first-order chi connectivity index (χ1) is 11.6. The number of para-hydroxylation sites is 1. The summed E-state index contributed by atoms with van der Waals surface area (Å²) < 4.78 is 43.4. The number of nitrogens with one attached hydrogen (secondary N) is 1. The molecular weight excluding hydrogens is 333 g/mol. The van der Waals surface area contributed by atoms with Crippen molar-refractivity contribution in [1.29, 1.82) is 0 Å². The minimum absolute atomic E-state index is 0.366. The van der Waals surface area contributed by atoms with Gasteiger partial charge in [-0.05, 0) is 57.2 Å². The van der Waals surface area contributed by atoms with Gasteiger partial charge in [-0.2, -0.15) is 13.2 Å². The van der Waals surface area contributed by atoms with Crippen molar-refractivity contribution in [2.24, 2.45) is 0 Å². The number of halogens is 3. The summed E-state index contributed by atoms with van der Waals surface area (Å²) in [6.45, 7) is 5.16. The van der Waals surface area contributed by atoms with Gasteiger partial charge < -0.3 is 4.74 Å². The molecule has 0 aliphatic carbocycles. The van der Waals surface area contributed by atoms with Crippen molar-refractivity contribution in [3.8, 4) is 0 Å². The Bertz CT molecular complexity index is 708. The van der Waals surface area contributed by atoms with E-state index in [2.05, 4.69) is 5.43 Å². The quantitative estimate of drug-likeness (QED) is 0.764. The molecule has 0 aliphatic rings. The van der Waals surface area contributed by atoms with Gasteiger partial charge in [0.25, 0.3) is 0 Å². The van der Waals surface area contributed by atoms with Crippen LogP contribution < -0.4 is 10.4 Å². The minimum atomic E-state index is -4.42. The average Bonchev–Trinajstić information content (AvgIpc) is 2.51. The van der Waals surface area contributed by atoms with Crippen molar-refractivity contribution < 1.29 is 22.7 Å². The molecule has 0 unspecified atom stereocenters. The van der Waals surface area contributed by atoms with Crippen molar-refractivity contribution in [3.63, 3.8) is 0 Å². The first-order valence-electron chi connectivity index (χ1n) is 7.58. The Kier molecular flexibility index (Phi) is 5.25. The van der Waals surface area contributed by atoms with E-state index in [0.717, 1.165) is 12.1 Å². The summed E-state index contributed by atoms with van der Waals surface area (Å²) in [5.74, 6) is 0. The van der Waals surface area contributed by atoms with Crippen LogP contribution in [0.25, 0.3) is 0 Å². The Hall–Kier alpha value is -2.70. The van der Waals surface area contributed by atoms with Crippen LogP contribution in [0.3, 0.4) is 0 Å². The van der Waals surface area contributed by atoms with Crippen molar-refractivity contribution in [2.75, 3.05) is 5.01 Å². The Morgan fingerprint density at radius 2 is 1.44 bits per heavy atom. The van der Waals surface area contributed by atoms with E-state index >= 15 is 0 Å². The van der Waals surface area contributed by atoms with Gasteiger partial charge in [-0.15, -0.1) is 0 Å². The van der Waals surface area contributed by atoms with Gasteiger partial charge in [0.1, 0.15) is 5.60 Å². The third-order valence-electron chi connectivity index (χ3n) is 3.07. The first-order valence-corrected chi connectivity index (χ1v) is 7.58. The number of carbonyl (C=O) groups is 1. The van der Waals surface area contributed by atoms with Crippen LogP contribution in [0.2, 0.25) is 0 Å². The Morgan fingerprint density at radius 3 is 1.92 bits per heavy atom. The highest BCUT2D eigenvalue weighted by Crippen LogP contribution is 2.31. The summed E-state index contributed by atoms with van der Waals surface area (Å²) in [4.78, 5) is 12.1. The third-order valence-corrected chi connectivity index (χ3v) is 3.07. The molecule has 0 fully saturated rings. The molecule has 1 N–H and O–H groups in total. The number of anilines is 2. The summed E-state index contributed by atoms with van der Waals surface area (Å²) >= 11 is 0.